The number of carbonyl (C=O) groups excluding carboxylic acids is 1. The van der Waals surface area contributed by atoms with Gasteiger partial charge in [0.25, 0.3) is 5.91 Å². The smallest absolute Gasteiger partial charge is 0.287 e. The van der Waals surface area contributed by atoms with Gasteiger partial charge in [-0.1, -0.05) is 29.8 Å². The number of hydrogen-bond donors (Lipinski definition) is 2. The van der Waals surface area contributed by atoms with Crippen molar-refractivity contribution in [3.05, 3.63) is 70.2 Å². The second-order valence-corrected chi connectivity index (χ2v) is 7.16. The van der Waals surface area contributed by atoms with Gasteiger partial charge in [-0.2, -0.15) is 9.61 Å². The summed E-state index contributed by atoms with van der Waals surface area (Å²) < 4.78 is 7.54. The van der Waals surface area contributed by atoms with Gasteiger partial charge in [0.2, 0.25) is 0 Å². The van der Waals surface area contributed by atoms with Crippen LogP contribution in [-0.2, 0) is 0 Å². The number of benzene rings is 1. The highest BCUT2D eigenvalue weighted by Crippen LogP contribution is 2.30. The molecule has 0 saturated carbocycles. The number of nitrogens with zero attached hydrogens (tertiary/aromatic N) is 3. The Morgan fingerprint density at radius 3 is 2.86 bits per heavy atom. The van der Waals surface area contributed by atoms with Crippen LogP contribution in [0, 0.1) is 0 Å². The maximum Gasteiger partial charge on any atom is 0.287 e. The molecule has 0 saturated heterocycles. The predicted octanol–water partition coefficient (Wildman–Crippen LogP) is 4.25. The third-order valence-electron chi connectivity index (χ3n) is 4.04. The normalized spacial score (nSPS) is 10.9. The van der Waals surface area contributed by atoms with Crippen LogP contribution < -0.4 is 10.6 Å². The molecule has 142 valence electrons. The van der Waals surface area contributed by atoms with Gasteiger partial charge in [-0.25, -0.2) is 4.98 Å². The van der Waals surface area contributed by atoms with Crippen LogP contribution in [0.1, 0.15) is 10.6 Å². The molecule has 0 atom stereocenters. The molecule has 0 aliphatic carbocycles. The summed E-state index contributed by atoms with van der Waals surface area (Å²) in [7, 11) is 0. The molecule has 1 amide bonds. The fourth-order valence-electron chi connectivity index (χ4n) is 2.73. The Morgan fingerprint density at radius 2 is 2.07 bits per heavy atom. The minimum Gasteiger partial charge on any atom is -0.459 e. The van der Waals surface area contributed by atoms with Gasteiger partial charge in [0.15, 0.2) is 11.4 Å². The molecule has 3 heterocycles. The molecule has 0 aliphatic rings. The molecule has 4 aromatic rings. The molecule has 4 rings (SSSR count). The van der Waals surface area contributed by atoms with E-state index < -0.39 is 0 Å². The van der Waals surface area contributed by atoms with E-state index in [0.717, 1.165) is 21.5 Å². The third-order valence-corrected chi connectivity index (χ3v) is 4.93. The minimum atomic E-state index is -0.259. The maximum absolute atomic E-state index is 11.9. The summed E-state index contributed by atoms with van der Waals surface area (Å²) in [5.74, 6) is 0.756. The van der Waals surface area contributed by atoms with Crippen molar-refractivity contribution in [2.24, 2.45) is 0 Å². The van der Waals surface area contributed by atoms with Gasteiger partial charge in [-0.15, -0.1) is 0 Å². The molecule has 0 spiro atoms. The first-order valence-electron chi connectivity index (χ1n) is 8.48. The lowest BCUT2D eigenvalue weighted by Gasteiger charge is -2.12. The SMILES string of the molecule is O=C(NCCNc1cc(-c2ccccc2Cl)nc2c(Br)cnn12)c1ccco1. The first-order valence-corrected chi connectivity index (χ1v) is 9.65. The first-order chi connectivity index (χ1) is 13.6. The molecule has 2 N–H and O–H groups in total. The lowest BCUT2D eigenvalue weighted by molar-refractivity contribution is 0.0927. The number of amides is 1. The number of carbonyl (C=O) groups is 1. The van der Waals surface area contributed by atoms with Crippen LogP contribution in [0.4, 0.5) is 5.82 Å². The van der Waals surface area contributed by atoms with Crippen LogP contribution in [0.2, 0.25) is 5.02 Å². The molecular weight excluding hydrogens is 446 g/mol. The molecule has 0 bridgehead atoms. The number of furan rings is 1. The van der Waals surface area contributed by atoms with Gasteiger partial charge < -0.3 is 15.1 Å². The van der Waals surface area contributed by atoms with E-state index >= 15 is 0 Å². The van der Waals surface area contributed by atoms with Crippen LogP contribution in [-0.4, -0.2) is 33.6 Å². The predicted molar refractivity (Wildman–Crippen MR) is 111 cm³/mol. The molecule has 0 aliphatic heterocycles. The third kappa shape index (κ3) is 3.74. The maximum atomic E-state index is 11.9. The molecule has 3 aromatic heterocycles. The summed E-state index contributed by atoms with van der Waals surface area (Å²) in [5, 5.41) is 11.0. The zero-order valence-corrected chi connectivity index (χ0v) is 16.9. The Balaban J connectivity index is 1.54. The number of halogens is 2. The number of anilines is 1. The molecule has 7 nitrogen and oxygen atoms in total. The van der Waals surface area contributed by atoms with E-state index in [1.54, 1.807) is 22.8 Å². The highest BCUT2D eigenvalue weighted by molar-refractivity contribution is 9.10. The summed E-state index contributed by atoms with van der Waals surface area (Å²) >= 11 is 9.81. The monoisotopic (exact) mass is 459 g/mol. The van der Waals surface area contributed by atoms with E-state index in [2.05, 4.69) is 36.6 Å². The molecule has 1 aromatic carbocycles. The van der Waals surface area contributed by atoms with Crippen LogP contribution >= 0.6 is 27.5 Å². The molecular formula is C19H15BrClN5O2. The van der Waals surface area contributed by atoms with Gasteiger partial charge in [-0.3, -0.25) is 4.79 Å². The van der Waals surface area contributed by atoms with E-state index in [0.29, 0.717) is 23.8 Å². The van der Waals surface area contributed by atoms with Gasteiger partial charge in [0.05, 0.1) is 22.6 Å². The average Bonchev–Trinajstić information content (AvgIpc) is 3.36. The molecule has 0 unspecified atom stereocenters. The van der Waals surface area contributed by atoms with Crippen molar-refractivity contribution in [1.82, 2.24) is 19.9 Å². The zero-order chi connectivity index (χ0) is 19.5. The fourth-order valence-corrected chi connectivity index (χ4v) is 3.31. The zero-order valence-electron chi connectivity index (χ0n) is 14.5. The largest absolute Gasteiger partial charge is 0.459 e. The van der Waals surface area contributed by atoms with Crippen molar-refractivity contribution in [3.63, 3.8) is 0 Å². The van der Waals surface area contributed by atoms with Crippen LogP contribution in [0.3, 0.4) is 0 Å². The van der Waals surface area contributed by atoms with E-state index in [9.17, 15) is 4.79 Å². The second-order valence-electron chi connectivity index (χ2n) is 5.89. The number of nitrogens with one attached hydrogen (secondary N) is 2. The van der Waals surface area contributed by atoms with Crippen LogP contribution in [0.15, 0.2) is 63.8 Å². The van der Waals surface area contributed by atoms with E-state index in [-0.39, 0.29) is 11.7 Å². The van der Waals surface area contributed by atoms with Crippen molar-refractivity contribution in [3.8, 4) is 11.3 Å². The number of rotatable bonds is 6. The summed E-state index contributed by atoms with van der Waals surface area (Å²) in [4.78, 5) is 16.6. The van der Waals surface area contributed by atoms with Crippen molar-refractivity contribution in [2.75, 3.05) is 18.4 Å². The van der Waals surface area contributed by atoms with E-state index in [1.807, 2.05) is 30.3 Å². The van der Waals surface area contributed by atoms with E-state index in [1.165, 1.54) is 6.26 Å². The van der Waals surface area contributed by atoms with Gasteiger partial charge in [0, 0.05) is 29.7 Å². The van der Waals surface area contributed by atoms with Crippen molar-refractivity contribution in [1.29, 1.82) is 0 Å². The van der Waals surface area contributed by atoms with Gasteiger partial charge in [-0.05, 0) is 34.1 Å². The number of fused-ring (bicyclic) bond motifs is 1. The fraction of sp³-hybridized carbons (Fsp3) is 0.105. The van der Waals surface area contributed by atoms with Crippen LogP contribution in [0.5, 0.6) is 0 Å². The quantitative estimate of drug-likeness (QED) is 0.420. The molecule has 0 fully saturated rings. The topological polar surface area (TPSA) is 84.5 Å². The van der Waals surface area contributed by atoms with Gasteiger partial charge in [0.1, 0.15) is 5.82 Å². The molecule has 28 heavy (non-hydrogen) atoms. The minimum absolute atomic E-state index is 0.259. The molecule has 9 heteroatoms. The average molecular weight is 461 g/mol. The Labute approximate surface area is 173 Å². The summed E-state index contributed by atoms with van der Waals surface area (Å²) in [6, 6.07) is 12.7. The second kappa shape index (κ2) is 8.04. The Kier molecular flexibility index (Phi) is 5.31. The summed E-state index contributed by atoms with van der Waals surface area (Å²) in [5.41, 5.74) is 2.22. The highest BCUT2D eigenvalue weighted by Gasteiger charge is 2.13. The first kappa shape index (κ1) is 18.5. The van der Waals surface area contributed by atoms with Gasteiger partial charge >= 0.3 is 0 Å². The standard InChI is InChI=1S/C19H15BrClN5O2/c20-13-11-24-26-17(22-7-8-23-19(27)16-6-3-9-28-16)10-15(25-18(13)26)12-4-1-2-5-14(12)21/h1-6,9-11,22H,7-8H2,(H,23,27). The van der Waals surface area contributed by atoms with Crippen LogP contribution in [0.25, 0.3) is 16.9 Å². The number of aromatic nitrogens is 3. The Bertz CT molecular complexity index is 1130. The van der Waals surface area contributed by atoms with E-state index in [4.69, 9.17) is 16.0 Å². The van der Waals surface area contributed by atoms with Crippen molar-refractivity contribution in [2.45, 2.75) is 0 Å². The Morgan fingerprint density at radius 1 is 1.21 bits per heavy atom. The molecule has 0 radical (unpaired) electrons. The summed E-state index contributed by atoms with van der Waals surface area (Å²) in [6.07, 6.45) is 3.15. The number of hydrogen-bond acceptors (Lipinski definition) is 5. The lowest BCUT2D eigenvalue weighted by atomic mass is 10.1. The highest BCUT2D eigenvalue weighted by atomic mass is 79.9. The lowest BCUT2D eigenvalue weighted by Crippen LogP contribution is -2.28. The Hall–Kier alpha value is -2.84. The summed E-state index contributed by atoms with van der Waals surface area (Å²) in [6.45, 7) is 0.901. The van der Waals surface area contributed by atoms with Crippen molar-refractivity contribution < 1.29 is 9.21 Å². The van der Waals surface area contributed by atoms with Crippen molar-refractivity contribution >= 4 is 44.9 Å².